The summed E-state index contributed by atoms with van der Waals surface area (Å²) in [5.74, 6) is -2.55. The van der Waals surface area contributed by atoms with Crippen LogP contribution >= 0.6 is 11.5 Å². The van der Waals surface area contributed by atoms with E-state index in [4.69, 9.17) is 11.5 Å². The summed E-state index contributed by atoms with van der Waals surface area (Å²) in [5, 5.41) is 3.66. The first kappa shape index (κ1) is 24.9. The quantitative estimate of drug-likeness (QED) is 0.313. The first-order valence-electron chi connectivity index (χ1n) is 11.0. The Labute approximate surface area is 210 Å². The number of H-pyrrole nitrogens is 1. The Morgan fingerprint density at radius 2 is 1.78 bits per heavy atom. The van der Waals surface area contributed by atoms with Gasteiger partial charge in [-0.2, -0.15) is 4.37 Å². The molecule has 9 nitrogen and oxygen atoms in total. The summed E-state index contributed by atoms with van der Waals surface area (Å²) in [6.45, 7) is 5.46. The van der Waals surface area contributed by atoms with Crippen molar-refractivity contribution in [3.8, 4) is 0 Å². The van der Waals surface area contributed by atoms with Crippen molar-refractivity contribution in [3.63, 3.8) is 0 Å². The highest BCUT2D eigenvalue weighted by molar-refractivity contribution is 7.09. The molecule has 1 unspecified atom stereocenters. The van der Waals surface area contributed by atoms with Crippen molar-refractivity contribution in [3.05, 3.63) is 76.7 Å². The van der Waals surface area contributed by atoms with Crippen LogP contribution < -0.4 is 21.7 Å². The summed E-state index contributed by atoms with van der Waals surface area (Å²) in [7, 11) is 0. The number of aromatic nitrogens is 2. The smallest absolute Gasteiger partial charge is 0.273 e. The van der Waals surface area contributed by atoms with Gasteiger partial charge in [0.25, 0.3) is 11.8 Å². The zero-order valence-electron chi connectivity index (χ0n) is 19.8. The fraction of sp³-hybridized carbons (Fsp3) is 0.200. The van der Waals surface area contributed by atoms with Gasteiger partial charge in [-0.3, -0.25) is 19.3 Å². The molecule has 3 amide bonds. The molecular weight excluding hydrogens is 483 g/mol. The molecule has 36 heavy (non-hydrogen) atoms. The second kappa shape index (κ2) is 9.42. The Bertz CT molecular complexity index is 1450. The first-order valence-corrected chi connectivity index (χ1v) is 11.8. The summed E-state index contributed by atoms with van der Waals surface area (Å²) in [6, 6.07) is 11.3. The fourth-order valence-corrected chi connectivity index (χ4v) is 4.62. The van der Waals surface area contributed by atoms with Crippen LogP contribution in [-0.2, 0) is 4.79 Å². The lowest BCUT2D eigenvalue weighted by molar-refractivity contribution is -0.123. The zero-order valence-corrected chi connectivity index (χ0v) is 20.7. The van der Waals surface area contributed by atoms with E-state index in [1.807, 2.05) is 45.0 Å². The predicted molar refractivity (Wildman–Crippen MR) is 137 cm³/mol. The van der Waals surface area contributed by atoms with E-state index in [1.165, 1.54) is 29.2 Å². The van der Waals surface area contributed by atoms with Crippen molar-refractivity contribution in [2.45, 2.75) is 32.4 Å². The topological polar surface area (TPSA) is 147 Å². The van der Waals surface area contributed by atoms with E-state index in [0.717, 1.165) is 10.9 Å². The van der Waals surface area contributed by atoms with E-state index in [9.17, 15) is 18.8 Å². The molecule has 2 heterocycles. The molecule has 4 aromatic rings. The van der Waals surface area contributed by atoms with Crippen molar-refractivity contribution < 1.29 is 18.8 Å². The van der Waals surface area contributed by atoms with E-state index >= 15 is 0 Å². The molecule has 2 aromatic carbocycles. The molecule has 0 aliphatic rings. The molecule has 0 fully saturated rings. The summed E-state index contributed by atoms with van der Waals surface area (Å²) >= 11 is 0.701. The maximum absolute atomic E-state index is 14.0. The standard InChI is InChI=1S/C25H25FN6O3S/c1-25(2,3)30-23(34)20(16-12-29-17-7-5-4-6-15(16)17)32(14-10-8-13(26)9-11-14)24(35)21-18(27)19(22(28)33)31-36-21/h4-12,20,29H,27H2,1-3H3,(H2,28,33)(H,30,34). The number of anilines is 2. The number of hydrogen-bond donors (Lipinski definition) is 4. The van der Waals surface area contributed by atoms with Gasteiger partial charge in [0.15, 0.2) is 5.69 Å². The third kappa shape index (κ3) is 4.78. The molecule has 1 atom stereocenters. The van der Waals surface area contributed by atoms with Gasteiger partial charge in [-0.15, -0.1) is 0 Å². The maximum Gasteiger partial charge on any atom is 0.273 e. The lowest BCUT2D eigenvalue weighted by Crippen LogP contribution is -2.49. The second-order valence-electron chi connectivity index (χ2n) is 9.22. The number of para-hydroxylation sites is 1. The zero-order chi connectivity index (χ0) is 26.2. The van der Waals surface area contributed by atoms with Crippen LogP contribution in [0.1, 0.15) is 52.5 Å². The Morgan fingerprint density at radius 1 is 1.11 bits per heavy atom. The molecule has 0 radical (unpaired) electrons. The summed E-state index contributed by atoms with van der Waals surface area (Å²) < 4.78 is 17.8. The summed E-state index contributed by atoms with van der Waals surface area (Å²) in [5.41, 5.74) is 11.9. The normalized spacial score (nSPS) is 12.3. The van der Waals surface area contributed by atoms with Gasteiger partial charge in [0, 0.05) is 33.9 Å². The Balaban J connectivity index is 1.95. The lowest BCUT2D eigenvalue weighted by Gasteiger charge is -2.33. The van der Waals surface area contributed by atoms with Crippen LogP contribution in [0.2, 0.25) is 0 Å². The van der Waals surface area contributed by atoms with E-state index in [2.05, 4.69) is 14.7 Å². The highest BCUT2D eigenvalue weighted by Gasteiger charge is 2.38. The number of carbonyl (C=O) groups is 3. The van der Waals surface area contributed by atoms with Gasteiger partial charge in [0.2, 0.25) is 5.91 Å². The minimum atomic E-state index is -1.18. The molecule has 11 heteroatoms. The van der Waals surface area contributed by atoms with Gasteiger partial charge in [-0.05, 0) is 62.6 Å². The second-order valence-corrected chi connectivity index (χ2v) is 9.99. The molecule has 6 N–H and O–H groups in total. The van der Waals surface area contributed by atoms with Gasteiger partial charge in [0.1, 0.15) is 16.7 Å². The number of aromatic amines is 1. The number of carbonyl (C=O) groups excluding carboxylic acids is 3. The van der Waals surface area contributed by atoms with Gasteiger partial charge >= 0.3 is 0 Å². The van der Waals surface area contributed by atoms with Gasteiger partial charge < -0.3 is 21.8 Å². The first-order chi connectivity index (χ1) is 17.0. The number of nitrogen functional groups attached to an aromatic ring is 1. The number of nitrogens with zero attached hydrogens (tertiary/aromatic N) is 2. The number of rotatable bonds is 6. The highest BCUT2D eigenvalue weighted by atomic mass is 32.1. The highest BCUT2D eigenvalue weighted by Crippen LogP contribution is 2.36. The van der Waals surface area contributed by atoms with Crippen LogP contribution in [0.3, 0.4) is 0 Å². The van der Waals surface area contributed by atoms with Crippen molar-refractivity contribution >= 4 is 51.5 Å². The molecule has 0 aliphatic carbocycles. The van der Waals surface area contributed by atoms with Crippen LogP contribution in [0.15, 0.2) is 54.7 Å². The number of hydrogen-bond acceptors (Lipinski definition) is 6. The van der Waals surface area contributed by atoms with Crippen molar-refractivity contribution in [1.82, 2.24) is 14.7 Å². The van der Waals surface area contributed by atoms with Crippen LogP contribution in [0.4, 0.5) is 15.8 Å². The number of halogens is 1. The molecule has 0 aliphatic heterocycles. The molecule has 0 saturated carbocycles. The van der Waals surface area contributed by atoms with E-state index in [-0.39, 0.29) is 21.9 Å². The number of amides is 3. The Hall–Kier alpha value is -4.25. The van der Waals surface area contributed by atoms with Gasteiger partial charge in [0.05, 0.1) is 5.69 Å². The SMILES string of the molecule is CC(C)(C)NC(=O)C(c1c[nH]c2ccccc12)N(C(=O)c1snc(C(N)=O)c1N)c1ccc(F)cc1. The molecule has 0 spiro atoms. The lowest BCUT2D eigenvalue weighted by atomic mass is 9.99. The number of primary amides is 1. The van der Waals surface area contributed by atoms with E-state index in [1.54, 1.807) is 6.20 Å². The minimum Gasteiger partial charge on any atom is -0.395 e. The number of benzene rings is 2. The largest absolute Gasteiger partial charge is 0.395 e. The predicted octanol–water partition coefficient (Wildman–Crippen LogP) is 3.75. The molecular formula is C25H25FN6O3S. The Morgan fingerprint density at radius 3 is 2.39 bits per heavy atom. The summed E-state index contributed by atoms with van der Waals surface area (Å²) in [4.78, 5) is 43.8. The molecule has 186 valence electrons. The third-order valence-electron chi connectivity index (χ3n) is 5.40. The molecule has 0 saturated heterocycles. The fourth-order valence-electron chi connectivity index (χ4n) is 3.88. The average molecular weight is 509 g/mol. The molecule has 4 rings (SSSR count). The van der Waals surface area contributed by atoms with Crippen LogP contribution in [0, 0.1) is 5.82 Å². The van der Waals surface area contributed by atoms with Crippen LogP contribution in [0.25, 0.3) is 10.9 Å². The minimum absolute atomic E-state index is 0.0680. The number of fused-ring (bicyclic) bond motifs is 1. The Kier molecular flexibility index (Phi) is 6.51. The number of nitrogens with two attached hydrogens (primary N) is 2. The molecule has 2 aromatic heterocycles. The average Bonchev–Trinajstić information content (AvgIpc) is 3.40. The monoisotopic (exact) mass is 508 g/mol. The van der Waals surface area contributed by atoms with Crippen molar-refractivity contribution in [2.75, 3.05) is 10.6 Å². The van der Waals surface area contributed by atoms with Gasteiger partial charge in [-0.1, -0.05) is 18.2 Å². The van der Waals surface area contributed by atoms with Crippen molar-refractivity contribution in [2.24, 2.45) is 5.73 Å². The molecule has 0 bridgehead atoms. The van der Waals surface area contributed by atoms with E-state index < -0.39 is 35.1 Å². The van der Waals surface area contributed by atoms with Crippen molar-refractivity contribution in [1.29, 1.82) is 0 Å². The summed E-state index contributed by atoms with van der Waals surface area (Å²) in [6.07, 6.45) is 1.66. The third-order valence-corrected chi connectivity index (χ3v) is 6.25. The van der Waals surface area contributed by atoms with Gasteiger partial charge in [-0.25, -0.2) is 4.39 Å². The maximum atomic E-state index is 14.0. The van der Waals surface area contributed by atoms with Crippen LogP contribution in [0.5, 0.6) is 0 Å². The van der Waals surface area contributed by atoms with E-state index in [0.29, 0.717) is 17.1 Å². The number of nitrogens with one attached hydrogen (secondary N) is 2. The van der Waals surface area contributed by atoms with Crippen LogP contribution in [-0.4, -0.2) is 32.6 Å².